The summed E-state index contributed by atoms with van der Waals surface area (Å²) in [5.41, 5.74) is 4.09. The van der Waals surface area contributed by atoms with Crippen LogP contribution in [0.25, 0.3) is 0 Å². The van der Waals surface area contributed by atoms with Crippen LogP contribution in [0, 0.1) is 13.8 Å². The van der Waals surface area contributed by atoms with E-state index in [-0.39, 0.29) is 4.90 Å². The van der Waals surface area contributed by atoms with Crippen LogP contribution < -0.4 is 4.72 Å². The Morgan fingerprint density at radius 1 is 1.04 bits per heavy atom. The van der Waals surface area contributed by atoms with Crippen LogP contribution in [0.4, 0.5) is 11.4 Å². The van der Waals surface area contributed by atoms with Crippen molar-refractivity contribution in [2.24, 2.45) is 4.99 Å². The summed E-state index contributed by atoms with van der Waals surface area (Å²) in [6.45, 7) is 3.84. The SMILES string of the molecule is Cc1ccc(NS(=O)(=O)c2ccc(N=Cc3cccnc3)cc2)c(C)c1. The van der Waals surface area contributed by atoms with Crippen molar-refractivity contribution in [1.29, 1.82) is 0 Å². The van der Waals surface area contributed by atoms with Crippen LogP contribution >= 0.6 is 0 Å². The van der Waals surface area contributed by atoms with E-state index in [0.29, 0.717) is 11.4 Å². The minimum absolute atomic E-state index is 0.192. The highest BCUT2D eigenvalue weighted by atomic mass is 32.2. The fourth-order valence-corrected chi connectivity index (χ4v) is 3.58. The maximum atomic E-state index is 12.6. The molecule has 0 fully saturated rings. The predicted octanol–water partition coefficient (Wildman–Crippen LogP) is 4.25. The van der Waals surface area contributed by atoms with Gasteiger partial charge in [-0.25, -0.2) is 8.42 Å². The summed E-state index contributed by atoms with van der Waals surface area (Å²) in [4.78, 5) is 8.54. The maximum Gasteiger partial charge on any atom is 0.261 e. The number of anilines is 1. The van der Waals surface area contributed by atoms with Gasteiger partial charge in [0.05, 0.1) is 16.3 Å². The van der Waals surface area contributed by atoms with Crippen molar-refractivity contribution in [3.8, 4) is 0 Å². The monoisotopic (exact) mass is 365 g/mol. The van der Waals surface area contributed by atoms with E-state index in [1.54, 1.807) is 48.9 Å². The second kappa shape index (κ2) is 7.49. The first-order valence-corrected chi connectivity index (χ1v) is 9.57. The van der Waals surface area contributed by atoms with Gasteiger partial charge in [-0.1, -0.05) is 23.8 Å². The number of rotatable bonds is 5. The van der Waals surface area contributed by atoms with Crippen molar-refractivity contribution in [2.45, 2.75) is 18.7 Å². The quantitative estimate of drug-likeness (QED) is 0.687. The molecule has 0 unspecified atom stereocenters. The van der Waals surface area contributed by atoms with E-state index < -0.39 is 10.0 Å². The Balaban J connectivity index is 1.77. The number of aryl methyl sites for hydroxylation is 2. The van der Waals surface area contributed by atoms with E-state index in [2.05, 4.69) is 14.7 Å². The highest BCUT2D eigenvalue weighted by Crippen LogP contribution is 2.22. The van der Waals surface area contributed by atoms with E-state index in [1.807, 2.05) is 38.1 Å². The molecule has 1 aromatic heterocycles. The Bertz CT molecular complexity index is 1030. The van der Waals surface area contributed by atoms with Crippen LogP contribution in [0.15, 0.2) is 76.9 Å². The minimum Gasteiger partial charge on any atom is -0.279 e. The van der Waals surface area contributed by atoms with E-state index >= 15 is 0 Å². The zero-order valence-corrected chi connectivity index (χ0v) is 15.4. The zero-order chi connectivity index (χ0) is 18.6. The molecule has 0 aliphatic carbocycles. The van der Waals surface area contributed by atoms with Crippen LogP contribution in [0.5, 0.6) is 0 Å². The van der Waals surface area contributed by atoms with Gasteiger partial charge in [0, 0.05) is 24.2 Å². The molecule has 0 amide bonds. The van der Waals surface area contributed by atoms with Crippen LogP contribution in [-0.2, 0) is 10.0 Å². The lowest BCUT2D eigenvalue weighted by atomic mass is 10.1. The summed E-state index contributed by atoms with van der Waals surface area (Å²) in [6.07, 6.45) is 5.08. The number of hydrogen-bond acceptors (Lipinski definition) is 4. The van der Waals surface area contributed by atoms with Gasteiger partial charge in [-0.15, -0.1) is 0 Å². The van der Waals surface area contributed by atoms with Crippen molar-refractivity contribution in [1.82, 2.24) is 4.98 Å². The number of sulfonamides is 1. The molecular weight excluding hydrogens is 346 g/mol. The van der Waals surface area contributed by atoms with Crippen molar-refractivity contribution in [2.75, 3.05) is 4.72 Å². The van der Waals surface area contributed by atoms with Gasteiger partial charge in [0.15, 0.2) is 0 Å². The van der Waals surface area contributed by atoms with Crippen LogP contribution in [0.3, 0.4) is 0 Å². The van der Waals surface area contributed by atoms with Gasteiger partial charge < -0.3 is 0 Å². The van der Waals surface area contributed by atoms with Gasteiger partial charge in [-0.3, -0.25) is 14.7 Å². The van der Waals surface area contributed by atoms with Crippen molar-refractivity contribution in [3.63, 3.8) is 0 Å². The van der Waals surface area contributed by atoms with Gasteiger partial charge in [0.25, 0.3) is 10.0 Å². The fourth-order valence-electron chi connectivity index (χ4n) is 2.44. The molecular formula is C20H19N3O2S. The molecule has 132 valence electrons. The lowest BCUT2D eigenvalue weighted by Gasteiger charge is -2.11. The molecule has 0 spiro atoms. The fraction of sp³-hybridized carbons (Fsp3) is 0.100. The Morgan fingerprint density at radius 3 is 2.46 bits per heavy atom. The summed E-state index contributed by atoms with van der Waals surface area (Å²) in [7, 11) is -3.64. The summed E-state index contributed by atoms with van der Waals surface area (Å²) in [5, 5.41) is 0. The van der Waals surface area contributed by atoms with E-state index in [9.17, 15) is 8.42 Å². The molecule has 1 N–H and O–H groups in total. The number of nitrogens with one attached hydrogen (secondary N) is 1. The second-order valence-electron chi connectivity index (χ2n) is 5.96. The number of benzene rings is 2. The Morgan fingerprint density at radius 2 is 1.81 bits per heavy atom. The molecule has 3 aromatic rings. The highest BCUT2D eigenvalue weighted by molar-refractivity contribution is 7.92. The predicted molar refractivity (Wildman–Crippen MR) is 105 cm³/mol. The second-order valence-corrected chi connectivity index (χ2v) is 7.64. The van der Waals surface area contributed by atoms with Gasteiger partial charge in [-0.2, -0.15) is 0 Å². The number of hydrogen-bond donors (Lipinski definition) is 1. The van der Waals surface area contributed by atoms with Gasteiger partial charge in [0.2, 0.25) is 0 Å². The summed E-state index contributed by atoms with van der Waals surface area (Å²) < 4.78 is 27.8. The number of nitrogens with zero attached hydrogens (tertiary/aromatic N) is 2. The third kappa shape index (κ3) is 4.34. The minimum atomic E-state index is -3.64. The Hall–Kier alpha value is -2.99. The molecule has 0 aliphatic heterocycles. The Labute approximate surface area is 153 Å². The molecule has 26 heavy (non-hydrogen) atoms. The van der Waals surface area contributed by atoms with Crippen LogP contribution in [-0.4, -0.2) is 19.6 Å². The first kappa shape index (κ1) is 17.8. The van der Waals surface area contributed by atoms with Gasteiger partial charge in [-0.05, 0) is 55.8 Å². The topological polar surface area (TPSA) is 71.4 Å². The van der Waals surface area contributed by atoms with Crippen molar-refractivity contribution >= 4 is 27.6 Å². The summed E-state index contributed by atoms with van der Waals surface area (Å²) in [5.74, 6) is 0. The first-order chi connectivity index (χ1) is 12.4. The number of aliphatic imine (C=N–C) groups is 1. The normalized spacial score (nSPS) is 11.6. The molecule has 0 saturated heterocycles. The van der Waals surface area contributed by atoms with E-state index in [1.165, 1.54) is 0 Å². The molecule has 0 bridgehead atoms. The lowest BCUT2D eigenvalue weighted by molar-refractivity contribution is 0.601. The molecule has 2 aromatic carbocycles. The molecule has 1 heterocycles. The summed E-state index contributed by atoms with van der Waals surface area (Å²) >= 11 is 0. The maximum absolute atomic E-state index is 12.6. The molecule has 0 atom stereocenters. The smallest absolute Gasteiger partial charge is 0.261 e. The van der Waals surface area contributed by atoms with E-state index in [0.717, 1.165) is 16.7 Å². The third-order valence-electron chi connectivity index (χ3n) is 3.82. The first-order valence-electron chi connectivity index (χ1n) is 8.08. The number of aromatic nitrogens is 1. The zero-order valence-electron chi connectivity index (χ0n) is 14.5. The van der Waals surface area contributed by atoms with Gasteiger partial charge >= 0.3 is 0 Å². The third-order valence-corrected chi connectivity index (χ3v) is 5.20. The van der Waals surface area contributed by atoms with Crippen molar-refractivity contribution < 1.29 is 8.42 Å². The summed E-state index contributed by atoms with van der Waals surface area (Å²) in [6, 6.07) is 15.7. The van der Waals surface area contributed by atoms with Crippen LogP contribution in [0.1, 0.15) is 16.7 Å². The van der Waals surface area contributed by atoms with Gasteiger partial charge in [0.1, 0.15) is 0 Å². The Kier molecular flexibility index (Phi) is 5.14. The largest absolute Gasteiger partial charge is 0.279 e. The molecule has 5 nitrogen and oxygen atoms in total. The molecule has 0 aliphatic rings. The molecule has 3 rings (SSSR count). The van der Waals surface area contributed by atoms with E-state index in [4.69, 9.17) is 0 Å². The number of pyridine rings is 1. The molecule has 0 radical (unpaired) electrons. The molecule has 6 heteroatoms. The van der Waals surface area contributed by atoms with Crippen LogP contribution in [0.2, 0.25) is 0 Å². The molecule has 0 saturated carbocycles. The van der Waals surface area contributed by atoms with Crippen molar-refractivity contribution in [3.05, 3.63) is 83.7 Å². The highest BCUT2D eigenvalue weighted by Gasteiger charge is 2.15. The standard InChI is InChI=1S/C20H19N3O2S/c1-15-5-10-20(16(2)12-15)23-26(24,25)19-8-6-18(7-9-19)22-14-17-4-3-11-21-13-17/h3-14,23H,1-2H3. The average molecular weight is 365 g/mol. The average Bonchev–Trinajstić information content (AvgIpc) is 2.63. The lowest BCUT2D eigenvalue weighted by Crippen LogP contribution is -2.13.